The van der Waals surface area contributed by atoms with Crippen LogP contribution in [0.3, 0.4) is 0 Å². The molecule has 8 heteroatoms. The standard InChI is InChI=1S/C32H37Cl3N4O/c1-20-28(38-39(29-9-8-26(34)15-27(29)35)30(20)24-4-6-25(33)7-5-24)19-37-31(40)36-11-3-2-10-32-16-21-12-22(17-32)14-23(13-21)18-32/h4-9,15,21-23H,2-3,10-14,16-19H2,1H3,(H2,36,37,40). The molecule has 4 bridgehead atoms. The molecule has 0 spiro atoms. The van der Waals surface area contributed by atoms with E-state index in [0.717, 1.165) is 46.7 Å². The summed E-state index contributed by atoms with van der Waals surface area (Å²) in [5, 5.41) is 12.6. The summed E-state index contributed by atoms with van der Waals surface area (Å²) in [5.74, 6) is 2.99. The Labute approximate surface area is 252 Å². The van der Waals surface area contributed by atoms with Crippen LogP contribution in [0.5, 0.6) is 0 Å². The van der Waals surface area contributed by atoms with E-state index < -0.39 is 0 Å². The maximum atomic E-state index is 12.7. The van der Waals surface area contributed by atoms with Crippen LogP contribution in [0, 0.1) is 30.1 Å². The summed E-state index contributed by atoms with van der Waals surface area (Å²) in [7, 11) is 0. The quantitative estimate of drug-likeness (QED) is 0.241. The maximum absolute atomic E-state index is 12.7. The Morgan fingerprint density at radius 2 is 1.57 bits per heavy atom. The molecule has 0 unspecified atom stereocenters. The van der Waals surface area contributed by atoms with Gasteiger partial charge in [-0.15, -0.1) is 0 Å². The van der Waals surface area contributed by atoms with E-state index in [1.165, 1.54) is 51.4 Å². The number of halogens is 3. The average Bonchev–Trinajstić information content (AvgIpc) is 3.22. The third-order valence-electron chi connectivity index (χ3n) is 9.48. The number of aromatic nitrogens is 2. The predicted octanol–water partition coefficient (Wildman–Crippen LogP) is 8.99. The first kappa shape index (κ1) is 27.9. The van der Waals surface area contributed by atoms with Gasteiger partial charge in [0.15, 0.2) is 0 Å². The van der Waals surface area contributed by atoms with Gasteiger partial charge in [-0.25, -0.2) is 9.48 Å². The number of amides is 2. The van der Waals surface area contributed by atoms with Gasteiger partial charge in [0.25, 0.3) is 0 Å². The number of urea groups is 1. The summed E-state index contributed by atoms with van der Waals surface area (Å²) in [6.07, 6.45) is 12.4. The van der Waals surface area contributed by atoms with Crippen molar-refractivity contribution in [3.05, 3.63) is 68.8 Å². The molecule has 0 radical (unpaired) electrons. The van der Waals surface area contributed by atoms with Crippen molar-refractivity contribution in [3.63, 3.8) is 0 Å². The number of nitrogens with one attached hydrogen (secondary N) is 2. The fraction of sp³-hybridized carbons (Fsp3) is 0.500. The molecule has 212 valence electrons. The van der Waals surface area contributed by atoms with Crippen molar-refractivity contribution >= 4 is 40.8 Å². The second-order valence-corrected chi connectivity index (χ2v) is 13.7. The van der Waals surface area contributed by atoms with Gasteiger partial charge in [-0.1, -0.05) is 53.4 Å². The zero-order valence-electron chi connectivity index (χ0n) is 23.0. The minimum Gasteiger partial charge on any atom is -0.338 e. The number of hydrogen-bond acceptors (Lipinski definition) is 2. The van der Waals surface area contributed by atoms with Gasteiger partial charge < -0.3 is 10.6 Å². The van der Waals surface area contributed by atoms with Crippen LogP contribution >= 0.6 is 34.8 Å². The fourth-order valence-electron chi connectivity index (χ4n) is 8.13. The molecule has 4 fully saturated rings. The van der Waals surface area contributed by atoms with Crippen LogP contribution < -0.4 is 10.6 Å². The molecule has 0 atom stereocenters. The number of carbonyl (C=O) groups is 1. The third kappa shape index (κ3) is 5.89. The minimum atomic E-state index is -0.165. The number of benzene rings is 2. The number of rotatable bonds is 9. The Balaban J connectivity index is 1.06. The number of unbranched alkanes of at least 4 members (excludes halogenated alkanes) is 1. The van der Waals surface area contributed by atoms with Crippen molar-refractivity contribution in [3.8, 4) is 16.9 Å². The van der Waals surface area contributed by atoms with Gasteiger partial charge in [0.1, 0.15) is 0 Å². The molecular formula is C32H37Cl3N4O. The first-order valence-electron chi connectivity index (χ1n) is 14.6. The smallest absolute Gasteiger partial charge is 0.315 e. The Bertz CT molecular complexity index is 1350. The highest BCUT2D eigenvalue weighted by molar-refractivity contribution is 6.35. The summed E-state index contributed by atoms with van der Waals surface area (Å²) in [4.78, 5) is 12.7. The molecule has 5 nitrogen and oxygen atoms in total. The molecule has 4 aliphatic carbocycles. The predicted molar refractivity (Wildman–Crippen MR) is 163 cm³/mol. The van der Waals surface area contributed by atoms with Gasteiger partial charge in [0, 0.05) is 27.7 Å². The van der Waals surface area contributed by atoms with Crippen molar-refractivity contribution in [1.82, 2.24) is 20.4 Å². The summed E-state index contributed by atoms with van der Waals surface area (Å²) >= 11 is 18.9. The topological polar surface area (TPSA) is 59.0 Å². The number of carbonyl (C=O) groups excluding carboxylic acids is 1. The lowest BCUT2D eigenvalue weighted by atomic mass is 9.48. The Morgan fingerprint density at radius 3 is 2.23 bits per heavy atom. The lowest BCUT2D eigenvalue weighted by Gasteiger charge is -2.57. The van der Waals surface area contributed by atoms with E-state index in [-0.39, 0.29) is 6.03 Å². The first-order valence-corrected chi connectivity index (χ1v) is 15.7. The first-order chi connectivity index (χ1) is 19.3. The van der Waals surface area contributed by atoms with Crippen LogP contribution in [0.4, 0.5) is 4.79 Å². The molecule has 1 heterocycles. The third-order valence-corrected chi connectivity index (χ3v) is 10.3. The second kappa shape index (κ2) is 11.6. The van der Waals surface area contributed by atoms with Crippen LogP contribution in [0.15, 0.2) is 42.5 Å². The molecule has 7 rings (SSSR count). The van der Waals surface area contributed by atoms with Crippen molar-refractivity contribution in [2.24, 2.45) is 23.2 Å². The Hall–Kier alpha value is -2.21. The van der Waals surface area contributed by atoms with Crippen molar-refractivity contribution < 1.29 is 4.79 Å². The zero-order valence-corrected chi connectivity index (χ0v) is 25.3. The molecule has 0 saturated heterocycles. The van der Waals surface area contributed by atoms with Gasteiger partial charge in [0.2, 0.25) is 0 Å². The lowest BCUT2D eigenvalue weighted by Crippen LogP contribution is -2.46. The van der Waals surface area contributed by atoms with Gasteiger partial charge in [-0.3, -0.25) is 0 Å². The normalized spacial score (nSPS) is 24.9. The molecular weight excluding hydrogens is 563 g/mol. The number of hydrogen-bond donors (Lipinski definition) is 2. The minimum absolute atomic E-state index is 0.165. The molecule has 2 N–H and O–H groups in total. The summed E-state index contributed by atoms with van der Waals surface area (Å²) in [6, 6.07) is 12.8. The lowest BCUT2D eigenvalue weighted by molar-refractivity contribution is -0.0582. The van der Waals surface area contributed by atoms with Crippen molar-refractivity contribution in [1.29, 1.82) is 0 Å². The van der Waals surface area contributed by atoms with Crippen LogP contribution in [-0.4, -0.2) is 22.4 Å². The van der Waals surface area contributed by atoms with E-state index in [2.05, 4.69) is 10.6 Å². The molecule has 2 aromatic carbocycles. The van der Waals surface area contributed by atoms with Crippen LogP contribution in [0.2, 0.25) is 15.1 Å². The molecule has 2 amide bonds. The molecule has 3 aromatic rings. The molecule has 4 saturated carbocycles. The summed E-state index contributed by atoms with van der Waals surface area (Å²) in [6.45, 7) is 3.02. The van der Waals surface area contributed by atoms with E-state index in [1.54, 1.807) is 12.1 Å². The highest BCUT2D eigenvalue weighted by atomic mass is 35.5. The van der Waals surface area contributed by atoms with E-state index in [1.807, 2.05) is 41.9 Å². The van der Waals surface area contributed by atoms with Crippen molar-refractivity contribution in [2.45, 2.75) is 71.3 Å². The Morgan fingerprint density at radius 1 is 0.925 bits per heavy atom. The van der Waals surface area contributed by atoms with Crippen LogP contribution in [-0.2, 0) is 6.54 Å². The van der Waals surface area contributed by atoms with Gasteiger partial charge in [-0.2, -0.15) is 5.10 Å². The van der Waals surface area contributed by atoms with E-state index >= 15 is 0 Å². The number of nitrogens with zero attached hydrogens (tertiary/aromatic N) is 2. The monoisotopic (exact) mass is 598 g/mol. The molecule has 0 aliphatic heterocycles. The van der Waals surface area contributed by atoms with Crippen LogP contribution in [0.25, 0.3) is 16.9 Å². The van der Waals surface area contributed by atoms with E-state index in [0.29, 0.717) is 39.3 Å². The SMILES string of the molecule is Cc1c(CNC(=O)NCCCCC23CC4CC(CC(C4)C2)C3)nn(-c2ccc(Cl)cc2Cl)c1-c1ccc(Cl)cc1. The van der Waals surface area contributed by atoms with Crippen molar-refractivity contribution in [2.75, 3.05) is 6.54 Å². The summed E-state index contributed by atoms with van der Waals surface area (Å²) < 4.78 is 1.82. The van der Waals surface area contributed by atoms with Gasteiger partial charge in [0.05, 0.1) is 28.6 Å². The van der Waals surface area contributed by atoms with Gasteiger partial charge >= 0.3 is 6.03 Å². The highest BCUT2D eigenvalue weighted by Crippen LogP contribution is 2.61. The zero-order chi connectivity index (χ0) is 27.9. The highest BCUT2D eigenvalue weighted by Gasteiger charge is 2.50. The van der Waals surface area contributed by atoms with Gasteiger partial charge in [-0.05, 0) is 112 Å². The fourth-order valence-corrected chi connectivity index (χ4v) is 8.75. The largest absolute Gasteiger partial charge is 0.338 e. The second-order valence-electron chi connectivity index (χ2n) is 12.4. The summed E-state index contributed by atoms with van der Waals surface area (Å²) in [5.41, 5.74) is 4.91. The van der Waals surface area contributed by atoms with E-state index in [9.17, 15) is 4.79 Å². The molecule has 1 aromatic heterocycles. The van der Waals surface area contributed by atoms with Crippen LogP contribution in [0.1, 0.15) is 69.0 Å². The molecule has 4 aliphatic rings. The average molecular weight is 600 g/mol. The molecule has 40 heavy (non-hydrogen) atoms. The maximum Gasteiger partial charge on any atom is 0.315 e. The Kier molecular flexibility index (Phi) is 8.09. The van der Waals surface area contributed by atoms with E-state index in [4.69, 9.17) is 39.9 Å².